The van der Waals surface area contributed by atoms with Crippen molar-refractivity contribution in [2.75, 3.05) is 0 Å². The van der Waals surface area contributed by atoms with Crippen molar-refractivity contribution in [1.29, 1.82) is 0 Å². The highest BCUT2D eigenvalue weighted by Gasteiger charge is 2.01. The minimum Gasteiger partial charge on any atom is -0.324 e. The molecular formula is C13H10N4. The third-order valence-corrected chi connectivity index (χ3v) is 2.50. The zero-order chi connectivity index (χ0) is 11.5. The van der Waals surface area contributed by atoms with Gasteiger partial charge in [0.15, 0.2) is 5.82 Å². The molecular weight excluding hydrogens is 212 g/mol. The van der Waals surface area contributed by atoms with Crippen LogP contribution in [0.25, 0.3) is 17.1 Å². The molecule has 0 bridgehead atoms. The Labute approximate surface area is 98.6 Å². The molecule has 0 atom stereocenters. The van der Waals surface area contributed by atoms with E-state index >= 15 is 0 Å². The lowest BCUT2D eigenvalue weighted by molar-refractivity contribution is 1.05. The van der Waals surface area contributed by atoms with Crippen LogP contribution in [0.15, 0.2) is 61.4 Å². The molecule has 0 aliphatic heterocycles. The lowest BCUT2D eigenvalue weighted by atomic mass is 10.2. The van der Waals surface area contributed by atoms with Crippen molar-refractivity contribution in [2.24, 2.45) is 0 Å². The van der Waals surface area contributed by atoms with Crippen LogP contribution in [0, 0.1) is 0 Å². The van der Waals surface area contributed by atoms with Gasteiger partial charge in [0.25, 0.3) is 0 Å². The molecule has 0 amide bonds. The molecule has 3 rings (SSSR count). The van der Waals surface area contributed by atoms with Gasteiger partial charge in [-0.1, -0.05) is 12.1 Å². The summed E-state index contributed by atoms with van der Waals surface area (Å²) in [4.78, 5) is 12.1. The molecule has 2 aromatic heterocycles. The van der Waals surface area contributed by atoms with Gasteiger partial charge in [-0.15, -0.1) is 0 Å². The highest BCUT2D eigenvalue weighted by molar-refractivity contribution is 5.58. The molecule has 0 fully saturated rings. The fourth-order valence-electron chi connectivity index (χ4n) is 1.70. The standard InChI is InChI=1S/C13H10N4/c1-2-7-17(6-1)12-5-3-4-11(8-12)13-15-9-14-10-16-13/h1-10H. The molecule has 4 heteroatoms. The predicted molar refractivity (Wildman–Crippen MR) is 64.6 cm³/mol. The molecule has 0 aliphatic rings. The van der Waals surface area contributed by atoms with Gasteiger partial charge in [-0.2, -0.15) is 0 Å². The Balaban J connectivity index is 2.06. The fourth-order valence-corrected chi connectivity index (χ4v) is 1.70. The third-order valence-electron chi connectivity index (χ3n) is 2.50. The molecule has 0 N–H and O–H groups in total. The molecule has 4 nitrogen and oxygen atoms in total. The first-order valence-electron chi connectivity index (χ1n) is 5.29. The van der Waals surface area contributed by atoms with E-state index in [-0.39, 0.29) is 0 Å². The van der Waals surface area contributed by atoms with Crippen molar-refractivity contribution in [2.45, 2.75) is 0 Å². The quantitative estimate of drug-likeness (QED) is 0.668. The largest absolute Gasteiger partial charge is 0.324 e. The first kappa shape index (κ1) is 9.72. The van der Waals surface area contributed by atoms with Gasteiger partial charge in [-0.3, -0.25) is 0 Å². The van der Waals surface area contributed by atoms with E-state index in [1.165, 1.54) is 12.7 Å². The van der Waals surface area contributed by atoms with Gasteiger partial charge in [-0.25, -0.2) is 15.0 Å². The Morgan fingerprint density at radius 3 is 2.41 bits per heavy atom. The van der Waals surface area contributed by atoms with Crippen LogP contribution in [0.1, 0.15) is 0 Å². The summed E-state index contributed by atoms with van der Waals surface area (Å²) in [6, 6.07) is 12.1. The number of hydrogen-bond donors (Lipinski definition) is 0. The van der Waals surface area contributed by atoms with Crippen molar-refractivity contribution in [3.63, 3.8) is 0 Å². The maximum absolute atomic E-state index is 4.14. The molecule has 82 valence electrons. The maximum atomic E-state index is 4.14. The van der Waals surface area contributed by atoms with Crippen molar-refractivity contribution in [3.8, 4) is 17.1 Å². The summed E-state index contributed by atoms with van der Waals surface area (Å²) in [5, 5.41) is 0. The zero-order valence-electron chi connectivity index (χ0n) is 9.06. The van der Waals surface area contributed by atoms with Gasteiger partial charge < -0.3 is 4.57 Å². The smallest absolute Gasteiger partial charge is 0.162 e. The average Bonchev–Trinajstić information content (AvgIpc) is 2.94. The van der Waals surface area contributed by atoms with E-state index in [4.69, 9.17) is 0 Å². The van der Waals surface area contributed by atoms with E-state index in [0.717, 1.165) is 11.3 Å². The molecule has 0 saturated carbocycles. The number of hydrogen-bond acceptors (Lipinski definition) is 3. The van der Waals surface area contributed by atoms with E-state index in [1.54, 1.807) is 0 Å². The molecule has 0 aliphatic carbocycles. The molecule has 0 saturated heterocycles. The van der Waals surface area contributed by atoms with Crippen LogP contribution in [-0.4, -0.2) is 19.5 Å². The lowest BCUT2D eigenvalue weighted by Crippen LogP contribution is -1.92. The lowest BCUT2D eigenvalue weighted by Gasteiger charge is -2.05. The Kier molecular flexibility index (Phi) is 2.38. The van der Waals surface area contributed by atoms with Gasteiger partial charge in [0.05, 0.1) is 0 Å². The number of nitrogens with zero attached hydrogens (tertiary/aromatic N) is 4. The van der Waals surface area contributed by atoms with Crippen LogP contribution in [0.5, 0.6) is 0 Å². The molecule has 2 heterocycles. The van der Waals surface area contributed by atoms with Crippen LogP contribution in [0.4, 0.5) is 0 Å². The zero-order valence-corrected chi connectivity index (χ0v) is 9.06. The van der Waals surface area contributed by atoms with Crippen molar-refractivity contribution in [1.82, 2.24) is 19.5 Å². The normalized spacial score (nSPS) is 10.4. The molecule has 1 aromatic carbocycles. The Morgan fingerprint density at radius 2 is 1.65 bits per heavy atom. The molecule has 0 unspecified atom stereocenters. The van der Waals surface area contributed by atoms with Gasteiger partial charge >= 0.3 is 0 Å². The summed E-state index contributed by atoms with van der Waals surface area (Å²) >= 11 is 0. The van der Waals surface area contributed by atoms with E-state index in [1.807, 2.05) is 47.3 Å². The Hall–Kier alpha value is -2.49. The molecule has 0 spiro atoms. The third kappa shape index (κ3) is 1.92. The molecule has 0 radical (unpaired) electrons. The van der Waals surface area contributed by atoms with Crippen LogP contribution in [-0.2, 0) is 0 Å². The second-order valence-electron chi connectivity index (χ2n) is 3.60. The Morgan fingerprint density at radius 1 is 0.882 bits per heavy atom. The number of aromatic nitrogens is 4. The van der Waals surface area contributed by atoms with Crippen LogP contribution in [0.3, 0.4) is 0 Å². The minimum absolute atomic E-state index is 0.689. The number of benzene rings is 1. The first-order chi connectivity index (χ1) is 8.43. The van der Waals surface area contributed by atoms with Crippen LogP contribution < -0.4 is 0 Å². The van der Waals surface area contributed by atoms with Crippen LogP contribution >= 0.6 is 0 Å². The highest BCUT2D eigenvalue weighted by atomic mass is 15.0. The highest BCUT2D eigenvalue weighted by Crippen LogP contribution is 2.17. The second kappa shape index (κ2) is 4.17. The summed E-state index contributed by atoms with van der Waals surface area (Å²) < 4.78 is 2.05. The maximum Gasteiger partial charge on any atom is 0.162 e. The summed E-state index contributed by atoms with van der Waals surface area (Å²) in [6.45, 7) is 0. The predicted octanol–water partition coefficient (Wildman–Crippen LogP) is 2.33. The van der Waals surface area contributed by atoms with Gasteiger partial charge in [0.2, 0.25) is 0 Å². The van der Waals surface area contributed by atoms with E-state index < -0.39 is 0 Å². The summed E-state index contributed by atoms with van der Waals surface area (Å²) in [6.07, 6.45) is 7.02. The second-order valence-corrected chi connectivity index (χ2v) is 3.60. The van der Waals surface area contributed by atoms with Gasteiger partial charge in [0.1, 0.15) is 12.7 Å². The van der Waals surface area contributed by atoms with Crippen molar-refractivity contribution in [3.05, 3.63) is 61.4 Å². The van der Waals surface area contributed by atoms with Gasteiger partial charge in [0, 0.05) is 23.6 Å². The van der Waals surface area contributed by atoms with E-state index in [9.17, 15) is 0 Å². The summed E-state index contributed by atoms with van der Waals surface area (Å²) in [5.41, 5.74) is 2.08. The van der Waals surface area contributed by atoms with Crippen molar-refractivity contribution >= 4 is 0 Å². The average molecular weight is 222 g/mol. The van der Waals surface area contributed by atoms with E-state index in [2.05, 4.69) is 21.0 Å². The van der Waals surface area contributed by atoms with Crippen molar-refractivity contribution < 1.29 is 0 Å². The summed E-state index contributed by atoms with van der Waals surface area (Å²) in [7, 11) is 0. The fraction of sp³-hybridized carbons (Fsp3) is 0. The number of rotatable bonds is 2. The summed E-state index contributed by atoms with van der Waals surface area (Å²) in [5.74, 6) is 0.689. The SMILES string of the molecule is c1cc(-c2ncncn2)cc(-n2cccc2)c1. The topological polar surface area (TPSA) is 43.6 Å². The minimum atomic E-state index is 0.689. The Bertz CT molecular complexity index is 602. The van der Waals surface area contributed by atoms with Gasteiger partial charge in [-0.05, 0) is 24.3 Å². The monoisotopic (exact) mass is 222 g/mol. The molecule has 17 heavy (non-hydrogen) atoms. The van der Waals surface area contributed by atoms with Crippen LogP contribution in [0.2, 0.25) is 0 Å². The molecule has 3 aromatic rings. The van der Waals surface area contributed by atoms with E-state index in [0.29, 0.717) is 5.82 Å². The first-order valence-corrected chi connectivity index (χ1v) is 5.29.